The zero-order chi connectivity index (χ0) is 32.5. The van der Waals surface area contributed by atoms with Crippen LogP contribution >= 0.6 is 11.3 Å². The van der Waals surface area contributed by atoms with Crippen LogP contribution in [0.1, 0.15) is 36.6 Å². The van der Waals surface area contributed by atoms with Crippen LogP contribution in [-0.2, 0) is 15.7 Å². The van der Waals surface area contributed by atoms with Gasteiger partial charge >= 0.3 is 17.8 Å². The van der Waals surface area contributed by atoms with Gasteiger partial charge in [-0.2, -0.15) is 13.2 Å². The van der Waals surface area contributed by atoms with Crippen LogP contribution in [0.2, 0.25) is 0 Å². The Kier molecular flexibility index (Phi) is 8.60. The fourth-order valence-electron chi connectivity index (χ4n) is 4.79. The molecule has 0 N–H and O–H groups in total. The maximum absolute atomic E-state index is 13.8. The van der Waals surface area contributed by atoms with Gasteiger partial charge in [0.15, 0.2) is 16.3 Å². The number of halogens is 3. The highest BCUT2D eigenvalue weighted by atomic mass is 32.1. The second-order valence-electron chi connectivity index (χ2n) is 9.66. The van der Waals surface area contributed by atoms with Gasteiger partial charge in [-0.15, -0.1) is 0 Å². The summed E-state index contributed by atoms with van der Waals surface area (Å²) >= 11 is 1.12. The number of thiazole rings is 1. The Labute approximate surface area is 257 Å². The summed E-state index contributed by atoms with van der Waals surface area (Å²) in [5, 5.41) is 11.5. The maximum atomic E-state index is 13.8. The third kappa shape index (κ3) is 6.22. The molecule has 45 heavy (non-hydrogen) atoms. The molecule has 0 fully saturated rings. The second-order valence-corrected chi connectivity index (χ2v) is 10.7. The van der Waals surface area contributed by atoms with Gasteiger partial charge in [-0.3, -0.25) is 19.5 Å². The SMILES string of the molecule is CCOC(=O)C1=C(C)N=c2s/c(=C\c3ccc(Oc4ccc(C(F)(F)F)cc4[N+](=O)[O-])c(OC)c3)c(=O)n2C1c1ccccc1. The van der Waals surface area contributed by atoms with Crippen LogP contribution in [0.25, 0.3) is 6.08 Å². The van der Waals surface area contributed by atoms with Crippen LogP contribution in [0.3, 0.4) is 0 Å². The predicted molar refractivity (Wildman–Crippen MR) is 158 cm³/mol. The Balaban J connectivity index is 1.56. The molecule has 1 aromatic heterocycles. The number of alkyl halides is 3. The number of carbonyl (C=O) groups excluding carboxylic acids is 1. The predicted octanol–water partition coefficient (Wildman–Crippen LogP) is 5.53. The van der Waals surface area contributed by atoms with Crippen molar-refractivity contribution in [2.75, 3.05) is 13.7 Å². The molecule has 3 aromatic carbocycles. The number of rotatable bonds is 8. The van der Waals surface area contributed by atoms with E-state index in [1.165, 1.54) is 23.8 Å². The largest absolute Gasteiger partial charge is 0.493 e. The minimum Gasteiger partial charge on any atom is -0.493 e. The van der Waals surface area contributed by atoms with E-state index in [0.717, 1.165) is 17.4 Å². The Hall–Kier alpha value is -5.24. The van der Waals surface area contributed by atoms with Crippen LogP contribution in [0, 0.1) is 10.1 Å². The molecule has 0 amide bonds. The Morgan fingerprint density at radius 3 is 2.44 bits per heavy atom. The van der Waals surface area contributed by atoms with Crippen LogP contribution < -0.4 is 24.4 Å². The number of nitro benzene ring substituents is 1. The topological polar surface area (TPSA) is 122 Å². The normalized spacial score (nSPS) is 14.9. The lowest BCUT2D eigenvalue weighted by Gasteiger charge is -2.24. The first-order chi connectivity index (χ1) is 21.4. The molecule has 1 unspecified atom stereocenters. The lowest BCUT2D eigenvalue weighted by atomic mass is 9.96. The zero-order valence-electron chi connectivity index (χ0n) is 24.0. The molecule has 1 atom stereocenters. The van der Waals surface area contributed by atoms with Gasteiger partial charge < -0.3 is 14.2 Å². The van der Waals surface area contributed by atoms with Crippen molar-refractivity contribution in [3.63, 3.8) is 0 Å². The van der Waals surface area contributed by atoms with E-state index in [1.54, 1.807) is 38.1 Å². The van der Waals surface area contributed by atoms with Gasteiger partial charge in [-0.25, -0.2) is 9.79 Å². The lowest BCUT2D eigenvalue weighted by molar-refractivity contribution is -0.385. The highest BCUT2D eigenvalue weighted by Gasteiger charge is 2.34. The molecule has 5 rings (SSSR count). The average Bonchev–Trinajstić information content (AvgIpc) is 3.30. The molecule has 14 heteroatoms. The van der Waals surface area contributed by atoms with Gasteiger partial charge in [0.1, 0.15) is 0 Å². The summed E-state index contributed by atoms with van der Waals surface area (Å²) in [4.78, 5) is 42.2. The monoisotopic (exact) mass is 639 g/mol. The molecule has 4 aromatic rings. The molecule has 0 aliphatic carbocycles. The Morgan fingerprint density at radius 1 is 1.09 bits per heavy atom. The molecule has 1 aliphatic heterocycles. The number of ether oxygens (including phenoxy) is 3. The highest BCUT2D eigenvalue weighted by molar-refractivity contribution is 7.07. The van der Waals surface area contributed by atoms with Crippen LogP contribution in [0.4, 0.5) is 18.9 Å². The summed E-state index contributed by atoms with van der Waals surface area (Å²) in [6.07, 6.45) is -3.19. The second kappa shape index (κ2) is 12.4. The molecule has 232 valence electrons. The summed E-state index contributed by atoms with van der Waals surface area (Å²) < 4.78 is 57.4. The number of hydrogen-bond donors (Lipinski definition) is 0. The van der Waals surface area contributed by atoms with Crippen molar-refractivity contribution in [2.24, 2.45) is 4.99 Å². The van der Waals surface area contributed by atoms with Gasteiger partial charge in [0.25, 0.3) is 5.56 Å². The third-order valence-electron chi connectivity index (χ3n) is 6.82. The zero-order valence-corrected chi connectivity index (χ0v) is 24.8. The van der Waals surface area contributed by atoms with Crippen LogP contribution in [0.5, 0.6) is 17.2 Å². The molecule has 0 saturated heterocycles. The third-order valence-corrected chi connectivity index (χ3v) is 7.80. The molecule has 0 spiro atoms. The van der Waals surface area contributed by atoms with Gasteiger partial charge in [0.05, 0.1) is 46.0 Å². The highest BCUT2D eigenvalue weighted by Crippen LogP contribution is 2.40. The summed E-state index contributed by atoms with van der Waals surface area (Å²) in [5.74, 6) is -0.886. The maximum Gasteiger partial charge on any atom is 0.416 e. The molecule has 10 nitrogen and oxygen atoms in total. The summed E-state index contributed by atoms with van der Waals surface area (Å²) in [6, 6.07) is 14.7. The molecule has 0 bridgehead atoms. The quantitative estimate of drug-likeness (QED) is 0.141. The number of nitro groups is 1. The van der Waals surface area contributed by atoms with Gasteiger partial charge in [0.2, 0.25) is 5.75 Å². The van der Waals surface area contributed by atoms with E-state index in [2.05, 4.69) is 4.99 Å². The summed E-state index contributed by atoms with van der Waals surface area (Å²) in [6.45, 7) is 3.52. The van der Waals surface area contributed by atoms with Crippen LogP contribution in [-0.4, -0.2) is 29.2 Å². The molecule has 0 saturated carbocycles. The van der Waals surface area contributed by atoms with E-state index in [0.29, 0.717) is 38.3 Å². The molecular weight excluding hydrogens is 615 g/mol. The van der Waals surface area contributed by atoms with Crippen LogP contribution in [0.15, 0.2) is 87.8 Å². The Bertz CT molecular complexity index is 2020. The van der Waals surface area contributed by atoms with E-state index in [-0.39, 0.29) is 23.7 Å². The van der Waals surface area contributed by atoms with E-state index in [1.807, 2.05) is 18.2 Å². The number of allylic oxidation sites excluding steroid dienone is 1. The average molecular weight is 640 g/mol. The number of esters is 1. The first-order valence-corrected chi connectivity index (χ1v) is 14.2. The number of fused-ring (bicyclic) bond motifs is 1. The van der Waals surface area contributed by atoms with Gasteiger partial charge in [-0.1, -0.05) is 47.7 Å². The minimum atomic E-state index is -4.78. The Morgan fingerprint density at radius 2 is 1.80 bits per heavy atom. The molecule has 0 radical (unpaired) electrons. The smallest absolute Gasteiger partial charge is 0.416 e. The van der Waals surface area contributed by atoms with Crippen molar-refractivity contribution >= 4 is 29.1 Å². The minimum absolute atomic E-state index is 0.00208. The van der Waals surface area contributed by atoms with Crippen molar-refractivity contribution in [1.29, 1.82) is 0 Å². The van der Waals surface area contributed by atoms with Gasteiger partial charge in [0, 0.05) is 6.07 Å². The van der Waals surface area contributed by atoms with E-state index in [4.69, 9.17) is 14.2 Å². The number of hydrogen-bond acceptors (Lipinski definition) is 9. The first-order valence-electron chi connectivity index (χ1n) is 13.4. The number of methoxy groups -OCH3 is 1. The fourth-order valence-corrected chi connectivity index (χ4v) is 5.84. The first kappa shape index (κ1) is 31.2. The number of aromatic nitrogens is 1. The standard InChI is InChI=1S/C31H24F3N3O7S/c1-4-43-29(39)26-17(2)35-30-36(27(26)19-8-6-5-7-9-19)28(38)25(45-30)15-18-10-12-23(24(14-18)42-3)44-22-13-11-20(31(32,33)34)16-21(22)37(40)41/h5-16,27H,4H2,1-3H3/b25-15-. The van der Waals surface area contributed by atoms with Crippen molar-refractivity contribution in [3.05, 3.63) is 124 Å². The summed E-state index contributed by atoms with van der Waals surface area (Å²) in [7, 11) is 1.32. The van der Waals surface area contributed by atoms with E-state index < -0.39 is 45.7 Å². The number of nitrogens with zero attached hydrogens (tertiary/aromatic N) is 3. The fraction of sp³-hybridized carbons (Fsp3) is 0.194. The molecular formula is C31H24F3N3O7S. The molecule has 2 heterocycles. The van der Waals surface area contributed by atoms with E-state index in [9.17, 15) is 32.9 Å². The summed E-state index contributed by atoms with van der Waals surface area (Å²) in [5.41, 5.74) is -0.598. The van der Waals surface area contributed by atoms with E-state index >= 15 is 0 Å². The van der Waals surface area contributed by atoms with Gasteiger partial charge in [-0.05, 0) is 55.3 Å². The van der Waals surface area contributed by atoms with Crippen molar-refractivity contribution in [1.82, 2.24) is 4.57 Å². The lowest BCUT2D eigenvalue weighted by Crippen LogP contribution is -2.39. The number of carbonyl (C=O) groups is 1. The number of benzene rings is 3. The van der Waals surface area contributed by atoms with Crippen molar-refractivity contribution in [2.45, 2.75) is 26.1 Å². The van der Waals surface area contributed by atoms with Crippen molar-refractivity contribution in [3.8, 4) is 17.2 Å². The van der Waals surface area contributed by atoms with Crippen molar-refractivity contribution < 1.29 is 37.1 Å². The molecule has 1 aliphatic rings.